The highest BCUT2D eigenvalue weighted by atomic mass is 16.6. The van der Waals surface area contributed by atoms with Gasteiger partial charge in [-0.1, -0.05) is 55.6 Å². The lowest BCUT2D eigenvalue weighted by atomic mass is 10.0. The predicted octanol–water partition coefficient (Wildman–Crippen LogP) is 4.46. The molecule has 32 heavy (non-hydrogen) atoms. The van der Waals surface area contributed by atoms with Crippen LogP contribution in [0.2, 0.25) is 0 Å². The highest BCUT2D eigenvalue weighted by molar-refractivity contribution is 5.98. The van der Waals surface area contributed by atoms with Crippen LogP contribution in [0.15, 0.2) is 92.0 Å². The number of ether oxygens (including phenoxy) is 3. The van der Waals surface area contributed by atoms with Gasteiger partial charge in [-0.3, -0.25) is 0 Å². The van der Waals surface area contributed by atoms with Crippen molar-refractivity contribution >= 4 is 17.9 Å². The second-order valence-electron chi connectivity index (χ2n) is 6.29. The fraction of sp³-hybridized carbons (Fsp3) is 0. The first kappa shape index (κ1) is 22.0. The van der Waals surface area contributed by atoms with E-state index in [9.17, 15) is 19.5 Å². The van der Waals surface area contributed by atoms with Gasteiger partial charge in [0.1, 0.15) is 17.1 Å². The van der Waals surface area contributed by atoms with Gasteiger partial charge in [0, 0.05) is 23.3 Å². The molecule has 0 atom stereocenters. The molecule has 0 aliphatic carbocycles. The Morgan fingerprint density at radius 3 is 1.97 bits per heavy atom. The van der Waals surface area contributed by atoms with Gasteiger partial charge in [0.05, 0.1) is 0 Å². The fourth-order valence-corrected chi connectivity index (χ4v) is 2.79. The summed E-state index contributed by atoms with van der Waals surface area (Å²) in [5.41, 5.74) is 0.766. The summed E-state index contributed by atoms with van der Waals surface area (Å²) < 4.78 is 15.8. The number of carbonyl (C=O) groups excluding carboxylic acids is 3. The van der Waals surface area contributed by atoms with Gasteiger partial charge < -0.3 is 19.3 Å². The number of rotatable bonds is 7. The quantitative estimate of drug-likeness (QED) is 0.336. The molecule has 7 heteroatoms. The molecule has 0 fully saturated rings. The third-order valence-corrected chi connectivity index (χ3v) is 4.23. The van der Waals surface area contributed by atoms with Crippen LogP contribution in [0.5, 0.6) is 23.0 Å². The molecule has 0 saturated carbocycles. The number of phenols is 1. The molecular weight excluding hydrogens is 412 g/mol. The summed E-state index contributed by atoms with van der Waals surface area (Å²) in [6.45, 7) is 6.63. The molecule has 3 aromatic carbocycles. The van der Waals surface area contributed by atoms with E-state index in [4.69, 9.17) is 14.2 Å². The Hall–Kier alpha value is -4.65. The Labute approximate surface area is 183 Å². The van der Waals surface area contributed by atoms with E-state index in [2.05, 4.69) is 13.2 Å². The molecule has 0 heterocycles. The first-order chi connectivity index (χ1) is 15.4. The van der Waals surface area contributed by atoms with Crippen molar-refractivity contribution in [1.29, 1.82) is 0 Å². The van der Waals surface area contributed by atoms with Gasteiger partial charge in [-0.2, -0.15) is 0 Å². The lowest BCUT2D eigenvalue weighted by molar-refractivity contribution is -0.131. The fourth-order valence-electron chi connectivity index (χ4n) is 2.79. The Bertz CT molecular complexity index is 1210. The average Bonchev–Trinajstić information content (AvgIpc) is 2.80. The standard InChI is InChI=1S/C25H18O7/c1-3-22(27)30-21-15-9-12-18(24(21)32-23(28)4-2)25(29)31-20-14-8-6-11-17(20)16-10-5-7-13-19(16)26/h3-15,26H,1-2H2. The van der Waals surface area contributed by atoms with E-state index in [1.54, 1.807) is 42.5 Å². The SMILES string of the molecule is C=CC(=O)Oc1cccc(C(=O)Oc2ccccc2-c2ccccc2O)c1OC(=O)C=C. The Kier molecular flexibility index (Phi) is 6.82. The molecule has 0 amide bonds. The van der Waals surface area contributed by atoms with Crippen LogP contribution in [-0.4, -0.2) is 23.0 Å². The molecule has 1 N–H and O–H groups in total. The maximum Gasteiger partial charge on any atom is 0.347 e. The molecule has 0 aliphatic heterocycles. The van der Waals surface area contributed by atoms with Crippen molar-refractivity contribution in [3.05, 3.63) is 97.6 Å². The number of carbonyl (C=O) groups is 3. The summed E-state index contributed by atoms with van der Waals surface area (Å²) in [4.78, 5) is 36.5. The number of phenolic OH excluding ortho intramolecular Hbond substituents is 1. The molecule has 0 aromatic heterocycles. The van der Waals surface area contributed by atoms with E-state index in [-0.39, 0.29) is 28.6 Å². The molecule has 0 spiro atoms. The van der Waals surface area contributed by atoms with Crippen LogP contribution in [0.25, 0.3) is 11.1 Å². The van der Waals surface area contributed by atoms with Gasteiger partial charge in [-0.25, -0.2) is 14.4 Å². The minimum absolute atomic E-state index is 0.00920. The van der Waals surface area contributed by atoms with Crippen molar-refractivity contribution in [3.63, 3.8) is 0 Å². The number of aromatic hydroxyl groups is 1. The number of hydrogen-bond acceptors (Lipinski definition) is 7. The maximum absolute atomic E-state index is 13.0. The van der Waals surface area contributed by atoms with Gasteiger partial charge in [0.15, 0.2) is 11.5 Å². The summed E-state index contributed by atoms with van der Waals surface area (Å²) in [7, 11) is 0. The van der Waals surface area contributed by atoms with Crippen molar-refractivity contribution in [2.75, 3.05) is 0 Å². The van der Waals surface area contributed by atoms with Gasteiger partial charge in [-0.15, -0.1) is 0 Å². The van der Waals surface area contributed by atoms with Crippen LogP contribution < -0.4 is 14.2 Å². The van der Waals surface area contributed by atoms with E-state index >= 15 is 0 Å². The summed E-state index contributed by atoms with van der Waals surface area (Å²) in [5, 5.41) is 10.2. The van der Waals surface area contributed by atoms with Crippen LogP contribution in [0.3, 0.4) is 0 Å². The van der Waals surface area contributed by atoms with Crippen molar-refractivity contribution in [3.8, 4) is 34.1 Å². The van der Waals surface area contributed by atoms with Gasteiger partial charge in [-0.05, 0) is 24.3 Å². The van der Waals surface area contributed by atoms with Crippen LogP contribution >= 0.6 is 0 Å². The highest BCUT2D eigenvalue weighted by Gasteiger charge is 2.23. The molecule has 7 nitrogen and oxygen atoms in total. The highest BCUT2D eigenvalue weighted by Crippen LogP contribution is 2.37. The lowest BCUT2D eigenvalue weighted by Crippen LogP contribution is -2.15. The topological polar surface area (TPSA) is 99.1 Å². The number of hydrogen-bond donors (Lipinski definition) is 1. The lowest BCUT2D eigenvalue weighted by Gasteiger charge is -2.14. The van der Waals surface area contributed by atoms with Crippen molar-refractivity contribution < 1.29 is 33.7 Å². The van der Waals surface area contributed by atoms with E-state index in [0.717, 1.165) is 12.2 Å². The largest absolute Gasteiger partial charge is 0.507 e. The zero-order chi connectivity index (χ0) is 23.1. The van der Waals surface area contributed by atoms with Crippen LogP contribution in [-0.2, 0) is 9.59 Å². The minimum Gasteiger partial charge on any atom is -0.507 e. The predicted molar refractivity (Wildman–Crippen MR) is 117 cm³/mol. The van der Waals surface area contributed by atoms with E-state index in [1.165, 1.54) is 24.3 Å². The van der Waals surface area contributed by atoms with E-state index in [1.807, 2.05) is 0 Å². The zero-order valence-corrected chi connectivity index (χ0v) is 16.8. The summed E-state index contributed by atoms with van der Waals surface area (Å²) >= 11 is 0. The van der Waals surface area contributed by atoms with Crippen LogP contribution in [0, 0.1) is 0 Å². The normalized spacial score (nSPS) is 10.0. The van der Waals surface area contributed by atoms with Crippen molar-refractivity contribution in [1.82, 2.24) is 0 Å². The van der Waals surface area contributed by atoms with Crippen LogP contribution in [0.4, 0.5) is 0 Å². The smallest absolute Gasteiger partial charge is 0.347 e. The number of para-hydroxylation sites is 3. The summed E-state index contributed by atoms with van der Waals surface area (Å²) in [6.07, 6.45) is 1.82. The first-order valence-electron chi connectivity index (χ1n) is 9.35. The molecule has 0 aliphatic rings. The molecule has 3 rings (SSSR count). The second kappa shape index (κ2) is 9.90. The Morgan fingerprint density at radius 2 is 1.28 bits per heavy atom. The van der Waals surface area contributed by atoms with Gasteiger partial charge in [0.2, 0.25) is 0 Å². The number of esters is 3. The van der Waals surface area contributed by atoms with Gasteiger partial charge in [0.25, 0.3) is 0 Å². The van der Waals surface area contributed by atoms with Crippen molar-refractivity contribution in [2.45, 2.75) is 0 Å². The number of benzene rings is 3. The third kappa shape index (κ3) is 4.91. The average molecular weight is 430 g/mol. The summed E-state index contributed by atoms with van der Waals surface area (Å²) in [6, 6.07) is 17.3. The molecule has 0 bridgehead atoms. The van der Waals surface area contributed by atoms with E-state index < -0.39 is 17.9 Å². The Balaban J connectivity index is 2.02. The molecule has 3 aromatic rings. The molecule has 0 unspecified atom stereocenters. The monoisotopic (exact) mass is 430 g/mol. The molecule has 0 radical (unpaired) electrons. The third-order valence-electron chi connectivity index (χ3n) is 4.23. The molecular formula is C25H18O7. The second-order valence-corrected chi connectivity index (χ2v) is 6.29. The molecule has 0 saturated heterocycles. The first-order valence-corrected chi connectivity index (χ1v) is 9.35. The zero-order valence-electron chi connectivity index (χ0n) is 16.8. The maximum atomic E-state index is 13.0. The van der Waals surface area contributed by atoms with E-state index in [0.29, 0.717) is 11.1 Å². The van der Waals surface area contributed by atoms with Crippen LogP contribution in [0.1, 0.15) is 10.4 Å². The van der Waals surface area contributed by atoms with Crippen molar-refractivity contribution in [2.24, 2.45) is 0 Å². The minimum atomic E-state index is -0.878. The summed E-state index contributed by atoms with van der Waals surface area (Å²) in [5.74, 6) is -2.86. The Morgan fingerprint density at radius 1 is 0.688 bits per heavy atom. The molecule has 160 valence electrons. The van der Waals surface area contributed by atoms with Gasteiger partial charge >= 0.3 is 17.9 Å².